The fraction of sp³-hybridized carbons (Fsp3) is 0.235. The highest BCUT2D eigenvalue weighted by Gasteiger charge is 2.17. The van der Waals surface area contributed by atoms with Crippen LogP contribution in [0.4, 0.5) is 0 Å². The van der Waals surface area contributed by atoms with Gasteiger partial charge in [-0.2, -0.15) is 0 Å². The second kappa shape index (κ2) is 6.08. The van der Waals surface area contributed by atoms with E-state index in [1.165, 1.54) is 0 Å². The van der Waals surface area contributed by atoms with Crippen molar-refractivity contribution in [3.05, 3.63) is 52.9 Å². The molecule has 0 radical (unpaired) electrons. The summed E-state index contributed by atoms with van der Waals surface area (Å²) in [5.41, 5.74) is 2.83. The lowest BCUT2D eigenvalue weighted by Gasteiger charge is -2.10. The topological polar surface area (TPSA) is 77.2 Å². The van der Waals surface area contributed by atoms with Gasteiger partial charge in [0.2, 0.25) is 5.88 Å². The number of nitrogens with zero attached hydrogens (tertiary/aromatic N) is 2. The van der Waals surface area contributed by atoms with Gasteiger partial charge in [-0.25, -0.2) is 4.98 Å². The molecule has 1 N–H and O–H groups in total. The van der Waals surface area contributed by atoms with Crippen LogP contribution in [0.1, 0.15) is 27.4 Å². The molecule has 0 aliphatic rings. The molecular weight excluding hydrogens is 294 g/mol. The third-order valence-corrected chi connectivity index (χ3v) is 3.69. The van der Waals surface area contributed by atoms with Crippen molar-refractivity contribution in [1.29, 1.82) is 0 Å². The van der Waals surface area contributed by atoms with Crippen molar-refractivity contribution >= 4 is 16.8 Å². The van der Waals surface area contributed by atoms with E-state index < -0.39 is 0 Å². The van der Waals surface area contributed by atoms with E-state index in [1.807, 2.05) is 30.3 Å². The first-order valence-electron chi connectivity index (χ1n) is 7.24. The Hall–Kier alpha value is -2.89. The molecule has 6 heteroatoms. The zero-order chi connectivity index (χ0) is 16.4. The van der Waals surface area contributed by atoms with E-state index in [1.54, 1.807) is 21.0 Å². The first-order valence-corrected chi connectivity index (χ1v) is 7.24. The maximum atomic E-state index is 12.4. The van der Waals surface area contributed by atoms with Gasteiger partial charge in [0, 0.05) is 18.0 Å². The van der Waals surface area contributed by atoms with Crippen LogP contribution in [0.15, 0.2) is 34.9 Å². The number of aromatic nitrogens is 2. The van der Waals surface area contributed by atoms with Crippen molar-refractivity contribution in [2.24, 2.45) is 0 Å². The van der Waals surface area contributed by atoms with E-state index in [-0.39, 0.29) is 5.91 Å². The predicted molar refractivity (Wildman–Crippen MR) is 85.4 cm³/mol. The number of ether oxygens (including phenoxy) is 1. The number of aryl methyl sites for hydroxylation is 2. The molecule has 0 bridgehead atoms. The molecule has 0 unspecified atom stereocenters. The van der Waals surface area contributed by atoms with Gasteiger partial charge >= 0.3 is 0 Å². The van der Waals surface area contributed by atoms with Gasteiger partial charge in [0.05, 0.1) is 18.3 Å². The minimum absolute atomic E-state index is 0.207. The highest BCUT2D eigenvalue weighted by atomic mass is 16.5. The molecule has 6 nitrogen and oxygen atoms in total. The maximum Gasteiger partial charge on any atom is 0.257 e. The van der Waals surface area contributed by atoms with Crippen LogP contribution in [0.2, 0.25) is 0 Å². The molecule has 3 aromatic rings. The second-order valence-corrected chi connectivity index (χ2v) is 5.22. The molecule has 0 aliphatic carbocycles. The van der Waals surface area contributed by atoms with Gasteiger partial charge < -0.3 is 14.6 Å². The third kappa shape index (κ3) is 2.88. The standard InChI is InChI=1S/C17H17N3O3/c1-10-16(11(2)23-20-10)17(21)18-9-12-8-15(22-3)19-14-7-5-4-6-13(12)14/h4-8H,9H2,1-3H3,(H,18,21). The number of rotatable bonds is 4. The zero-order valence-corrected chi connectivity index (χ0v) is 13.2. The van der Waals surface area contributed by atoms with Gasteiger partial charge in [0.15, 0.2) is 0 Å². The first kappa shape index (κ1) is 15.0. The highest BCUT2D eigenvalue weighted by Crippen LogP contribution is 2.22. The van der Waals surface area contributed by atoms with Gasteiger partial charge in [0.1, 0.15) is 11.3 Å². The summed E-state index contributed by atoms with van der Waals surface area (Å²) >= 11 is 0. The molecule has 0 saturated carbocycles. The quantitative estimate of drug-likeness (QED) is 0.801. The zero-order valence-electron chi connectivity index (χ0n) is 13.2. The molecule has 0 spiro atoms. The number of nitrogens with one attached hydrogen (secondary N) is 1. The number of hydrogen-bond donors (Lipinski definition) is 1. The number of benzene rings is 1. The van der Waals surface area contributed by atoms with Crippen molar-refractivity contribution in [2.45, 2.75) is 20.4 Å². The van der Waals surface area contributed by atoms with Crippen LogP contribution >= 0.6 is 0 Å². The number of para-hydroxylation sites is 1. The fourth-order valence-corrected chi connectivity index (χ4v) is 2.54. The fourth-order valence-electron chi connectivity index (χ4n) is 2.54. The average Bonchev–Trinajstić information content (AvgIpc) is 2.90. The van der Waals surface area contributed by atoms with Crippen LogP contribution in [0.3, 0.4) is 0 Å². The molecule has 0 fully saturated rings. The van der Waals surface area contributed by atoms with Crippen molar-refractivity contribution in [3.63, 3.8) is 0 Å². The molecule has 0 atom stereocenters. The van der Waals surface area contributed by atoms with Gasteiger partial charge in [-0.3, -0.25) is 4.79 Å². The lowest BCUT2D eigenvalue weighted by atomic mass is 10.1. The lowest BCUT2D eigenvalue weighted by Crippen LogP contribution is -2.24. The Labute approximate surface area is 133 Å². The summed E-state index contributed by atoms with van der Waals surface area (Å²) in [6.45, 7) is 3.83. The third-order valence-electron chi connectivity index (χ3n) is 3.69. The smallest absolute Gasteiger partial charge is 0.257 e. The normalized spacial score (nSPS) is 10.7. The van der Waals surface area contributed by atoms with Crippen molar-refractivity contribution < 1.29 is 14.1 Å². The summed E-state index contributed by atoms with van der Waals surface area (Å²) in [4.78, 5) is 16.8. The number of hydrogen-bond acceptors (Lipinski definition) is 5. The van der Waals surface area contributed by atoms with E-state index in [4.69, 9.17) is 9.26 Å². The molecule has 118 valence electrons. The summed E-state index contributed by atoms with van der Waals surface area (Å²) in [7, 11) is 1.57. The van der Waals surface area contributed by atoms with E-state index in [0.717, 1.165) is 16.5 Å². The summed E-state index contributed by atoms with van der Waals surface area (Å²) < 4.78 is 10.3. The largest absolute Gasteiger partial charge is 0.481 e. The minimum atomic E-state index is -0.207. The Bertz CT molecular complexity index is 851. The van der Waals surface area contributed by atoms with E-state index >= 15 is 0 Å². The SMILES string of the molecule is COc1cc(CNC(=O)c2c(C)noc2C)c2ccccc2n1. The Morgan fingerprint density at radius 3 is 2.78 bits per heavy atom. The number of methoxy groups -OCH3 is 1. The first-order chi connectivity index (χ1) is 11.1. The van der Waals surface area contributed by atoms with Crippen molar-refractivity contribution in [1.82, 2.24) is 15.5 Å². The van der Waals surface area contributed by atoms with E-state index in [0.29, 0.717) is 29.4 Å². The molecule has 1 amide bonds. The van der Waals surface area contributed by atoms with Crippen LogP contribution in [-0.2, 0) is 6.54 Å². The van der Waals surface area contributed by atoms with Crippen molar-refractivity contribution in [2.75, 3.05) is 7.11 Å². The molecule has 0 aliphatic heterocycles. The summed E-state index contributed by atoms with van der Waals surface area (Å²) in [5.74, 6) is 0.823. The minimum Gasteiger partial charge on any atom is -0.481 e. The molecule has 3 rings (SSSR count). The van der Waals surface area contributed by atoms with E-state index in [9.17, 15) is 4.79 Å². The van der Waals surface area contributed by atoms with Crippen molar-refractivity contribution in [3.8, 4) is 5.88 Å². The van der Waals surface area contributed by atoms with Gasteiger partial charge in [-0.05, 0) is 25.5 Å². The Morgan fingerprint density at radius 1 is 1.30 bits per heavy atom. The number of fused-ring (bicyclic) bond motifs is 1. The lowest BCUT2D eigenvalue weighted by molar-refractivity contribution is 0.0949. The summed E-state index contributed by atoms with van der Waals surface area (Å²) in [6, 6.07) is 9.57. The van der Waals surface area contributed by atoms with Crippen LogP contribution < -0.4 is 10.1 Å². The second-order valence-electron chi connectivity index (χ2n) is 5.22. The van der Waals surface area contributed by atoms with Crippen LogP contribution in [-0.4, -0.2) is 23.2 Å². The Kier molecular flexibility index (Phi) is 3.97. The summed E-state index contributed by atoms with van der Waals surface area (Å²) in [5, 5.41) is 7.69. The van der Waals surface area contributed by atoms with Gasteiger partial charge in [0.25, 0.3) is 5.91 Å². The molecule has 1 aromatic carbocycles. The number of pyridine rings is 1. The average molecular weight is 311 g/mol. The highest BCUT2D eigenvalue weighted by molar-refractivity contribution is 5.96. The maximum absolute atomic E-state index is 12.4. The van der Waals surface area contributed by atoms with Crippen LogP contribution in [0, 0.1) is 13.8 Å². The summed E-state index contributed by atoms with van der Waals surface area (Å²) in [6.07, 6.45) is 0. The molecule has 2 aromatic heterocycles. The van der Waals surface area contributed by atoms with Gasteiger partial charge in [-0.15, -0.1) is 0 Å². The molecular formula is C17H17N3O3. The molecule has 0 saturated heterocycles. The Balaban J connectivity index is 1.88. The van der Waals surface area contributed by atoms with E-state index in [2.05, 4.69) is 15.5 Å². The predicted octanol–water partition coefficient (Wildman–Crippen LogP) is 2.78. The monoisotopic (exact) mass is 311 g/mol. The van der Waals surface area contributed by atoms with Crippen LogP contribution in [0.25, 0.3) is 10.9 Å². The van der Waals surface area contributed by atoms with Crippen LogP contribution in [0.5, 0.6) is 5.88 Å². The molecule has 2 heterocycles. The number of carbonyl (C=O) groups is 1. The van der Waals surface area contributed by atoms with Gasteiger partial charge in [-0.1, -0.05) is 23.4 Å². The number of amides is 1. The molecule has 23 heavy (non-hydrogen) atoms. The number of carbonyl (C=O) groups excluding carboxylic acids is 1. The Morgan fingerprint density at radius 2 is 2.09 bits per heavy atom.